The van der Waals surface area contributed by atoms with Crippen molar-refractivity contribution in [3.63, 3.8) is 0 Å². The number of hydrogen-bond donors (Lipinski definition) is 2. The second kappa shape index (κ2) is 13.2. The second-order valence-corrected chi connectivity index (χ2v) is 9.33. The first-order valence-electron chi connectivity index (χ1n) is 12.2. The lowest BCUT2D eigenvalue weighted by Gasteiger charge is -2.20. The predicted molar refractivity (Wildman–Crippen MR) is 148 cm³/mol. The smallest absolute Gasteiger partial charge is 0.407 e. The van der Waals surface area contributed by atoms with Crippen molar-refractivity contribution in [3.05, 3.63) is 113 Å². The molecule has 1 aromatic heterocycles. The Bertz CT molecular complexity index is 1340. The van der Waals surface area contributed by atoms with E-state index in [1.165, 1.54) is 12.4 Å². The Kier molecular flexibility index (Phi) is 9.79. The number of aryl methyl sites for hydroxylation is 1. The lowest BCUT2D eigenvalue weighted by molar-refractivity contribution is 0.0530. The van der Waals surface area contributed by atoms with Gasteiger partial charge in [0.25, 0.3) is 0 Å². The largest absolute Gasteiger partial charge is 0.497 e. The molecule has 2 N–H and O–H groups in total. The topological polar surface area (TPSA) is 85.4 Å². The molecule has 0 saturated carbocycles. The van der Waals surface area contributed by atoms with E-state index >= 15 is 4.39 Å². The van der Waals surface area contributed by atoms with Crippen LogP contribution in [-0.4, -0.2) is 41.9 Å². The van der Waals surface area contributed by atoms with Crippen LogP contribution in [0, 0.1) is 12.7 Å². The predicted octanol–water partition coefficient (Wildman–Crippen LogP) is 6.03. The minimum atomic E-state index is -0.582. The van der Waals surface area contributed by atoms with Gasteiger partial charge in [-0.3, -0.25) is 0 Å². The molecule has 0 atom stereocenters. The van der Waals surface area contributed by atoms with E-state index in [2.05, 4.69) is 26.3 Å². The molecule has 0 unspecified atom stereocenters. The molecule has 198 valence electrons. The number of ether oxygens (including phenoxy) is 2. The van der Waals surface area contributed by atoms with Crippen molar-refractivity contribution in [2.24, 2.45) is 0 Å². The molecule has 8 heteroatoms. The van der Waals surface area contributed by atoms with Gasteiger partial charge in [0, 0.05) is 29.8 Å². The zero-order valence-corrected chi connectivity index (χ0v) is 22.3. The summed E-state index contributed by atoms with van der Waals surface area (Å²) in [7, 11) is 1.61. The van der Waals surface area contributed by atoms with Gasteiger partial charge in [-0.1, -0.05) is 36.4 Å². The van der Waals surface area contributed by atoms with Gasteiger partial charge in [0.1, 0.15) is 29.3 Å². The van der Waals surface area contributed by atoms with Crippen LogP contribution in [0.5, 0.6) is 0 Å². The summed E-state index contributed by atoms with van der Waals surface area (Å²) in [6, 6.07) is 6.56. The molecule has 0 radical (unpaired) electrons. The van der Waals surface area contributed by atoms with Gasteiger partial charge < -0.3 is 20.1 Å². The summed E-state index contributed by atoms with van der Waals surface area (Å²) < 4.78 is 25.6. The summed E-state index contributed by atoms with van der Waals surface area (Å²) in [5.74, 6) is 0.848. The number of amides is 1. The Hall–Kier alpha value is -4.42. The van der Waals surface area contributed by atoms with E-state index in [1.807, 2.05) is 43.4 Å². The summed E-state index contributed by atoms with van der Waals surface area (Å²) in [4.78, 5) is 20.7. The van der Waals surface area contributed by atoms with Crippen molar-refractivity contribution >= 4 is 17.5 Å². The third kappa shape index (κ3) is 8.32. The minimum Gasteiger partial charge on any atom is -0.497 e. The first kappa shape index (κ1) is 28.2. The molecule has 1 aromatic carbocycles. The number of carbonyl (C=O) groups is 1. The van der Waals surface area contributed by atoms with Gasteiger partial charge >= 0.3 is 6.09 Å². The Morgan fingerprint density at radius 2 is 1.97 bits per heavy atom. The maximum atomic E-state index is 15.0. The molecular weight excluding hydrogens is 483 g/mol. The van der Waals surface area contributed by atoms with Gasteiger partial charge in [0.05, 0.1) is 12.8 Å². The zero-order chi connectivity index (χ0) is 27.5. The van der Waals surface area contributed by atoms with Crippen LogP contribution >= 0.6 is 0 Å². The number of methoxy groups -OCH3 is 1. The van der Waals surface area contributed by atoms with Crippen LogP contribution in [0.25, 0.3) is 5.57 Å². The Morgan fingerprint density at radius 3 is 2.71 bits per heavy atom. The maximum absolute atomic E-state index is 15.0. The van der Waals surface area contributed by atoms with Crippen LogP contribution in [0.1, 0.15) is 37.6 Å². The summed E-state index contributed by atoms with van der Waals surface area (Å²) in [6.45, 7) is 7.93. The van der Waals surface area contributed by atoms with E-state index in [4.69, 9.17) is 9.47 Å². The van der Waals surface area contributed by atoms with Gasteiger partial charge in [-0.05, 0) is 63.6 Å². The molecule has 1 heterocycles. The van der Waals surface area contributed by atoms with E-state index in [1.54, 1.807) is 52.2 Å². The Morgan fingerprint density at radius 1 is 1.18 bits per heavy atom. The second-order valence-electron chi connectivity index (χ2n) is 9.33. The molecule has 0 saturated heterocycles. The van der Waals surface area contributed by atoms with Crippen LogP contribution in [0.3, 0.4) is 0 Å². The number of allylic oxidation sites excluding steroid dienone is 7. The van der Waals surface area contributed by atoms with Crippen molar-refractivity contribution in [2.75, 3.05) is 25.5 Å². The third-order valence-corrected chi connectivity index (χ3v) is 5.23. The van der Waals surface area contributed by atoms with Gasteiger partial charge in [-0.25, -0.2) is 19.2 Å². The zero-order valence-electron chi connectivity index (χ0n) is 22.3. The number of nitrogens with one attached hydrogen (secondary N) is 2. The number of alkyl carbamates (subject to hydrolysis) is 1. The van der Waals surface area contributed by atoms with Crippen LogP contribution in [0.2, 0.25) is 0 Å². The fourth-order valence-electron chi connectivity index (χ4n) is 3.58. The number of anilines is 1. The minimum absolute atomic E-state index is 0.304. The summed E-state index contributed by atoms with van der Waals surface area (Å²) in [6.07, 6.45) is 13.8. The molecule has 0 bridgehead atoms. The van der Waals surface area contributed by atoms with Crippen LogP contribution in [0.15, 0.2) is 90.2 Å². The first-order valence-corrected chi connectivity index (χ1v) is 12.2. The number of benzene rings is 1. The molecule has 38 heavy (non-hydrogen) atoms. The van der Waals surface area contributed by atoms with Crippen molar-refractivity contribution in [1.82, 2.24) is 15.3 Å². The highest BCUT2D eigenvalue weighted by atomic mass is 19.1. The van der Waals surface area contributed by atoms with Crippen molar-refractivity contribution < 1.29 is 18.7 Å². The highest BCUT2D eigenvalue weighted by Crippen LogP contribution is 2.32. The molecule has 0 spiro atoms. The summed E-state index contributed by atoms with van der Waals surface area (Å²) in [5, 5.41) is 5.95. The molecule has 1 aliphatic carbocycles. The fraction of sp³-hybridized carbons (Fsp3) is 0.267. The van der Waals surface area contributed by atoms with Crippen molar-refractivity contribution in [2.45, 2.75) is 33.3 Å². The molecule has 2 aromatic rings. The number of halogens is 1. The third-order valence-electron chi connectivity index (χ3n) is 5.23. The maximum Gasteiger partial charge on any atom is 0.407 e. The van der Waals surface area contributed by atoms with E-state index in [0.29, 0.717) is 47.1 Å². The molecule has 0 aliphatic heterocycles. The van der Waals surface area contributed by atoms with Crippen molar-refractivity contribution in [3.8, 4) is 0 Å². The van der Waals surface area contributed by atoms with Gasteiger partial charge in [0.2, 0.25) is 0 Å². The number of carbonyl (C=O) groups excluding carboxylic acids is 1. The summed E-state index contributed by atoms with van der Waals surface area (Å²) in [5.41, 5.74) is 5.72. The normalized spacial score (nSPS) is 13.6. The van der Waals surface area contributed by atoms with E-state index in [0.717, 1.165) is 5.57 Å². The summed E-state index contributed by atoms with van der Waals surface area (Å²) >= 11 is 0. The molecule has 7 nitrogen and oxygen atoms in total. The van der Waals surface area contributed by atoms with Crippen LogP contribution in [-0.2, 0) is 9.47 Å². The number of hydrogen-bond acceptors (Lipinski definition) is 6. The highest BCUT2D eigenvalue weighted by molar-refractivity contribution is 5.87. The van der Waals surface area contributed by atoms with Gasteiger partial charge in [-0.15, -0.1) is 5.73 Å². The standard InChI is InChI=1S/C30H33FN4O3/c1-21-27(28(35-20-34-21)32-17-18-33-29(36)38-30(2,3)4)25(24-14-8-9-16-26(24)31)15-10-12-22-11-6-7-13-23(19-22)37-5/h6-10,12-16,19-20H,17-18H2,1-5H3,(H,33,36)(H,32,34,35)/b12-10?,25-15-. The van der Waals surface area contributed by atoms with E-state index in [-0.39, 0.29) is 5.82 Å². The lowest BCUT2D eigenvalue weighted by atomic mass is 9.95. The monoisotopic (exact) mass is 516 g/mol. The SMILES string of the molecule is COC1=CC(C=C/C=C(/c2ccccc2F)c2c(C)ncnc2NCCNC(=O)OC(C)(C)C)=C=CC=C1. The Labute approximate surface area is 223 Å². The average molecular weight is 517 g/mol. The van der Waals surface area contributed by atoms with Gasteiger partial charge in [-0.2, -0.15) is 0 Å². The molecular formula is C30H33FN4O3. The molecule has 1 amide bonds. The average Bonchev–Trinajstić information content (AvgIpc) is 3.10. The number of nitrogens with zero attached hydrogens (tertiary/aromatic N) is 2. The van der Waals surface area contributed by atoms with Crippen LogP contribution in [0.4, 0.5) is 15.0 Å². The van der Waals surface area contributed by atoms with Gasteiger partial charge in [0.15, 0.2) is 0 Å². The van der Waals surface area contributed by atoms with E-state index < -0.39 is 11.7 Å². The first-order chi connectivity index (χ1) is 18.2. The molecule has 0 fully saturated rings. The molecule has 3 rings (SSSR count). The lowest BCUT2D eigenvalue weighted by Crippen LogP contribution is -2.35. The quantitative estimate of drug-likeness (QED) is 0.241. The fourth-order valence-corrected chi connectivity index (χ4v) is 3.58. The van der Waals surface area contributed by atoms with Crippen LogP contribution < -0.4 is 10.6 Å². The number of rotatable bonds is 9. The highest BCUT2D eigenvalue weighted by Gasteiger charge is 2.18. The number of aromatic nitrogens is 2. The van der Waals surface area contributed by atoms with E-state index in [9.17, 15) is 4.79 Å². The molecule has 1 aliphatic rings. The Balaban J connectivity index is 1.91. The van der Waals surface area contributed by atoms with Crippen molar-refractivity contribution in [1.29, 1.82) is 0 Å².